The van der Waals surface area contributed by atoms with Crippen molar-refractivity contribution in [3.05, 3.63) is 81.5 Å². The number of halogens is 2. The first-order chi connectivity index (χ1) is 13.7. The molecule has 0 saturated heterocycles. The molecule has 0 bridgehead atoms. The quantitative estimate of drug-likeness (QED) is 0.203. The first-order valence-corrected chi connectivity index (χ1v) is 11.2. The Morgan fingerprint density at radius 1 is 1.31 bits per heavy atom. The molecule has 29 heavy (non-hydrogen) atoms. The van der Waals surface area contributed by atoms with Crippen LogP contribution in [0.2, 0.25) is 0 Å². The second kappa shape index (κ2) is 9.91. The highest BCUT2D eigenvalue weighted by Crippen LogP contribution is 2.28. The smallest absolute Gasteiger partial charge is 0.270 e. The van der Waals surface area contributed by atoms with Gasteiger partial charge in [0.2, 0.25) is 10.0 Å². The van der Waals surface area contributed by atoms with Crippen LogP contribution in [0, 0.1) is 10.1 Å². The van der Waals surface area contributed by atoms with E-state index in [4.69, 9.17) is 16.3 Å². The average Bonchev–Trinajstić information content (AvgIpc) is 3.07. The number of methoxy groups -OCH3 is 1. The van der Waals surface area contributed by atoms with Gasteiger partial charge in [-0.15, -0.1) is 18.2 Å². The maximum absolute atomic E-state index is 12.1. The van der Waals surface area contributed by atoms with E-state index >= 15 is 0 Å². The Balaban J connectivity index is 0.000000278. The van der Waals surface area contributed by atoms with Gasteiger partial charge in [0, 0.05) is 29.6 Å². The van der Waals surface area contributed by atoms with Crippen molar-refractivity contribution >= 4 is 54.1 Å². The van der Waals surface area contributed by atoms with Crippen LogP contribution in [0.5, 0.6) is 5.75 Å². The Labute approximate surface area is 181 Å². The largest absolute Gasteiger partial charge is 0.496 e. The molecular formula is C19H18BrClN2O5S. The Hall–Kier alpha value is -2.36. The number of ether oxygens (including phenoxy) is 1. The lowest BCUT2D eigenvalue weighted by Gasteiger charge is -2.04. The lowest BCUT2D eigenvalue weighted by molar-refractivity contribution is -0.384. The van der Waals surface area contributed by atoms with Crippen molar-refractivity contribution in [3.63, 3.8) is 0 Å². The molecule has 7 nitrogen and oxygen atoms in total. The molecule has 0 aliphatic rings. The first-order valence-electron chi connectivity index (χ1n) is 8.22. The third kappa shape index (κ3) is 5.37. The number of fused-ring (bicyclic) bond motifs is 1. The van der Waals surface area contributed by atoms with Gasteiger partial charge in [-0.1, -0.05) is 18.2 Å². The fourth-order valence-electron chi connectivity index (χ4n) is 2.54. The van der Waals surface area contributed by atoms with E-state index in [1.807, 2.05) is 24.3 Å². The van der Waals surface area contributed by atoms with Gasteiger partial charge in [-0.25, -0.2) is 12.4 Å². The molecule has 0 radical (unpaired) electrons. The molecule has 0 atom stereocenters. The number of hydrogen-bond donors (Lipinski definition) is 0. The van der Waals surface area contributed by atoms with Crippen molar-refractivity contribution in [3.8, 4) is 5.75 Å². The molecule has 0 fully saturated rings. The second-order valence-electron chi connectivity index (χ2n) is 5.74. The second-order valence-corrected chi connectivity index (χ2v) is 8.76. The summed E-state index contributed by atoms with van der Waals surface area (Å²) in [7, 11) is -1.94. The SMILES string of the molecule is C=CCS(=O)(=O)n1cc(CCl)c2cc([N+](=O)[O-])ccc21.COc1ccccc1Br. The van der Waals surface area contributed by atoms with E-state index in [-0.39, 0.29) is 17.3 Å². The fourth-order valence-corrected chi connectivity index (χ4v) is 4.41. The minimum atomic E-state index is -3.59. The maximum atomic E-state index is 12.1. The number of benzene rings is 2. The highest BCUT2D eigenvalue weighted by Gasteiger charge is 2.19. The molecule has 0 N–H and O–H groups in total. The predicted molar refractivity (Wildman–Crippen MR) is 118 cm³/mol. The van der Waals surface area contributed by atoms with Gasteiger partial charge in [0.15, 0.2) is 0 Å². The summed E-state index contributed by atoms with van der Waals surface area (Å²) in [6.45, 7) is 3.41. The van der Waals surface area contributed by atoms with Crippen molar-refractivity contribution in [2.45, 2.75) is 5.88 Å². The number of non-ortho nitro benzene ring substituents is 1. The minimum absolute atomic E-state index is 0.0638. The summed E-state index contributed by atoms with van der Waals surface area (Å²) in [5.74, 6) is 0.710. The molecule has 1 heterocycles. The third-order valence-electron chi connectivity index (χ3n) is 3.88. The molecule has 0 unspecified atom stereocenters. The fraction of sp³-hybridized carbons (Fsp3) is 0.158. The van der Waals surface area contributed by atoms with Crippen LogP contribution in [-0.2, 0) is 15.9 Å². The van der Waals surface area contributed by atoms with Gasteiger partial charge in [-0.2, -0.15) is 0 Å². The molecule has 0 amide bonds. The molecule has 1 aromatic heterocycles. The van der Waals surface area contributed by atoms with Crippen LogP contribution in [-0.4, -0.2) is 30.2 Å². The third-order valence-corrected chi connectivity index (χ3v) is 6.38. The number of nitrogens with zero attached hydrogens (tertiary/aromatic N) is 2. The standard InChI is InChI=1S/C12H11ClN2O4S.C7H7BrO/c1-2-5-20(18,19)14-8-9(7-13)11-6-10(15(16)17)3-4-12(11)14;1-9-7-5-3-2-4-6(7)8/h2-4,6,8H,1,5,7H2;2-5H,1H3. The van der Waals surface area contributed by atoms with Crippen LogP contribution in [0.3, 0.4) is 0 Å². The van der Waals surface area contributed by atoms with E-state index in [0.29, 0.717) is 16.5 Å². The van der Waals surface area contributed by atoms with Crippen LogP contribution < -0.4 is 4.74 Å². The van der Waals surface area contributed by atoms with Crippen molar-refractivity contribution in [2.75, 3.05) is 12.9 Å². The molecule has 3 aromatic rings. The van der Waals surface area contributed by atoms with Gasteiger partial charge in [0.05, 0.1) is 27.8 Å². The van der Waals surface area contributed by atoms with Crippen LogP contribution >= 0.6 is 27.5 Å². The van der Waals surface area contributed by atoms with Crippen molar-refractivity contribution in [1.29, 1.82) is 0 Å². The molecule has 0 spiro atoms. The zero-order chi connectivity index (χ0) is 21.6. The summed E-state index contributed by atoms with van der Waals surface area (Å²) in [6.07, 6.45) is 2.67. The van der Waals surface area contributed by atoms with E-state index in [0.717, 1.165) is 14.2 Å². The summed E-state index contributed by atoms with van der Waals surface area (Å²) in [5.41, 5.74) is 0.786. The zero-order valence-corrected chi connectivity index (χ0v) is 18.6. The predicted octanol–water partition coefficient (Wildman–Crippen LogP) is 5.11. The molecule has 3 rings (SSSR count). The molecule has 0 saturated carbocycles. The summed E-state index contributed by atoms with van der Waals surface area (Å²) >= 11 is 9.11. The Morgan fingerprint density at radius 3 is 2.52 bits per heavy atom. The number of nitro groups is 1. The summed E-state index contributed by atoms with van der Waals surface area (Å²) < 4.78 is 31.3. The first kappa shape index (κ1) is 22.9. The monoisotopic (exact) mass is 500 g/mol. The van der Waals surface area contributed by atoms with Crippen molar-refractivity contribution in [2.24, 2.45) is 0 Å². The number of rotatable bonds is 6. The van der Waals surface area contributed by atoms with Crippen LogP contribution in [0.15, 0.2) is 65.8 Å². The van der Waals surface area contributed by atoms with Crippen LogP contribution in [0.1, 0.15) is 5.56 Å². The van der Waals surface area contributed by atoms with E-state index in [1.165, 1.54) is 30.5 Å². The number of aromatic nitrogens is 1. The van der Waals surface area contributed by atoms with E-state index in [9.17, 15) is 18.5 Å². The van der Waals surface area contributed by atoms with Crippen molar-refractivity contribution in [1.82, 2.24) is 3.97 Å². The van der Waals surface area contributed by atoms with Crippen molar-refractivity contribution < 1.29 is 18.1 Å². The number of alkyl halides is 1. The minimum Gasteiger partial charge on any atom is -0.496 e. The summed E-state index contributed by atoms with van der Waals surface area (Å²) in [4.78, 5) is 10.3. The summed E-state index contributed by atoms with van der Waals surface area (Å²) in [6, 6.07) is 11.7. The molecule has 2 aromatic carbocycles. The molecule has 0 aliphatic carbocycles. The van der Waals surface area contributed by atoms with Crippen LogP contribution in [0.25, 0.3) is 10.9 Å². The lowest BCUT2D eigenvalue weighted by atomic mass is 10.2. The normalized spacial score (nSPS) is 10.9. The molecule has 154 valence electrons. The van der Waals surface area contributed by atoms with E-state index in [2.05, 4.69) is 22.5 Å². The van der Waals surface area contributed by atoms with Gasteiger partial charge in [-0.05, 0) is 39.7 Å². The summed E-state index contributed by atoms with van der Waals surface area (Å²) in [5, 5.41) is 11.2. The molecule has 0 aliphatic heterocycles. The van der Waals surface area contributed by atoms with E-state index in [1.54, 1.807) is 7.11 Å². The lowest BCUT2D eigenvalue weighted by Crippen LogP contribution is -2.14. The van der Waals surface area contributed by atoms with Gasteiger partial charge >= 0.3 is 0 Å². The zero-order valence-electron chi connectivity index (χ0n) is 15.4. The number of para-hydroxylation sites is 1. The molecular weight excluding hydrogens is 484 g/mol. The van der Waals surface area contributed by atoms with Gasteiger partial charge < -0.3 is 4.74 Å². The van der Waals surface area contributed by atoms with E-state index < -0.39 is 14.9 Å². The Bertz CT molecular complexity index is 1140. The van der Waals surface area contributed by atoms with Gasteiger partial charge in [-0.3, -0.25) is 10.1 Å². The van der Waals surface area contributed by atoms with Crippen LogP contribution in [0.4, 0.5) is 5.69 Å². The average molecular weight is 502 g/mol. The highest BCUT2D eigenvalue weighted by atomic mass is 79.9. The number of hydrogen-bond acceptors (Lipinski definition) is 5. The van der Waals surface area contributed by atoms with Gasteiger partial charge in [0.1, 0.15) is 5.75 Å². The maximum Gasteiger partial charge on any atom is 0.270 e. The topological polar surface area (TPSA) is 91.4 Å². The number of nitro benzene ring substituents is 1. The highest BCUT2D eigenvalue weighted by molar-refractivity contribution is 9.10. The Kier molecular flexibility index (Phi) is 7.83. The molecule has 10 heteroatoms. The Morgan fingerprint density at radius 2 is 2.00 bits per heavy atom. The van der Waals surface area contributed by atoms with Gasteiger partial charge in [0.25, 0.3) is 5.69 Å².